The van der Waals surface area contributed by atoms with E-state index in [-0.39, 0.29) is 18.1 Å². The highest BCUT2D eigenvalue weighted by Crippen LogP contribution is 2.36. The molecule has 0 aliphatic rings. The average Bonchev–Trinajstić information content (AvgIpc) is 2.80. The van der Waals surface area contributed by atoms with Crippen LogP contribution < -0.4 is 10.1 Å². The van der Waals surface area contributed by atoms with Crippen LogP contribution in [-0.2, 0) is 11.2 Å². The summed E-state index contributed by atoms with van der Waals surface area (Å²) in [4.78, 5) is 13.8. The second-order valence-corrected chi connectivity index (χ2v) is 8.67. The van der Waals surface area contributed by atoms with Gasteiger partial charge in [0, 0.05) is 27.2 Å². The average molecular weight is 478 g/mol. The molecule has 0 fully saturated rings. The summed E-state index contributed by atoms with van der Waals surface area (Å²) in [6.45, 7) is 0. The summed E-state index contributed by atoms with van der Waals surface area (Å²) in [7, 11) is 0. The fourth-order valence-electron chi connectivity index (χ4n) is 3.37. The minimum absolute atomic E-state index is 0.140. The Hall–Kier alpha value is -3.28. The van der Waals surface area contributed by atoms with E-state index in [1.807, 2.05) is 30.5 Å². The zero-order valence-corrected chi connectivity index (χ0v) is 19.4. The van der Waals surface area contributed by atoms with E-state index in [4.69, 9.17) is 16.3 Å². The monoisotopic (exact) mass is 477 g/mol. The van der Waals surface area contributed by atoms with Crippen LogP contribution in [-0.4, -0.2) is 12.2 Å². The number of hydrogen-bond acceptors (Lipinski definition) is 3. The molecule has 0 saturated carbocycles. The molecule has 0 bridgehead atoms. The molecule has 33 heavy (non-hydrogen) atoms. The third kappa shape index (κ3) is 6.15. The van der Waals surface area contributed by atoms with Crippen molar-refractivity contribution in [2.45, 2.75) is 11.3 Å². The van der Waals surface area contributed by atoms with Crippen LogP contribution in [0.2, 0.25) is 5.02 Å². The van der Waals surface area contributed by atoms with E-state index in [0.717, 1.165) is 10.5 Å². The van der Waals surface area contributed by atoms with Gasteiger partial charge in [-0.25, -0.2) is 4.39 Å². The van der Waals surface area contributed by atoms with E-state index in [1.54, 1.807) is 66.4 Å². The Labute approximate surface area is 201 Å². The van der Waals surface area contributed by atoms with E-state index >= 15 is 0 Å². The Balaban J connectivity index is 1.60. The molecule has 0 atom stereocenters. The van der Waals surface area contributed by atoms with Gasteiger partial charge in [0.15, 0.2) is 0 Å². The summed E-state index contributed by atoms with van der Waals surface area (Å²) in [5.41, 5.74) is 2.87. The van der Waals surface area contributed by atoms with Crippen LogP contribution in [0.1, 0.15) is 5.56 Å². The minimum atomic E-state index is -0.342. The maximum Gasteiger partial charge on any atom is 0.228 e. The lowest BCUT2D eigenvalue weighted by Crippen LogP contribution is -2.14. The smallest absolute Gasteiger partial charge is 0.228 e. The first kappa shape index (κ1) is 22.9. The predicted octanol–water partition coefficient (Wildman–Crippen LogP) is 7.84. The fourth-order valence-corrected chi connectivity index (χ4v) is 3.96. The van der Waals surface area contributed by atoms with Crippen molar-refractivity contribution in [3.8, 4) is 22.6 Å². The number of carbonyl (C=O) groups is 1. The molecule has 166 valence electrons. The van der Waals surface area contributed by atoms with Gasteiger partial charge in [0.25, 0.3) is 0 Å². The summed E-state index contributed by atoms with van der Waals surface area (Å²) in [6.07, 6.45) is 2.27. The van der Waals surface area contributed by atoms with Crippen LogP contribution in [0.25, 0.3) is 11.1 Å². The van der Waals surface area contributed by atoms with Crippen LogP contribution in [0.15, 0.2) is 95.9 Å². The summed E-state index contributed by atoms with van der Waals surface area (Å²) in [6, 6.07) is 26.5. The number of halogens is 2. The van der Waals surface area contributed by atoms with Gasteiger partial charge in [0.2, 0.25) is 5.91 Å². The van der Waals surface area contributed by atoms with Crippen LogP contribution >= 0.6 is 23.4 Å². The number of ether oxygens (including phenoxy) is 1. The summed E-state index contributed by atoms with van der Waals surface area (Å²) in [5, 5.41) is 3.46. The third-order valence-electron chi connectivity index (χ3n) is 4.95. The Bertz CT molecular complexity index is 1280. The Morgan fingerprint density at radius 2 is 1.76 bits per heavy atom. The van der Waals surface area contributed by atoms with E-state index in [9.17, 15) is 9.18 Å². The molecule has 0 heterocycles. The van der Waals surface area contributed by atoms with E-state index in [2.05, 4.69) is 5.32 Å². The lowest BCUT2D eigenvalue weighted by atomic mass is 10.0. The first-order valence-corrected chi connectivity index (χ1v) is 11.9. The van der Waals surface area contributed by atoms with Crippen molar-refractivity contribution in [2.24, 2.45) is 0 Å². The second-order valence-electron chi connectivity index (χ2n) is 7.35. The third-order valence-corrected chi connectivity index (χ3v) is 5.93. The maximum absolute atomic E-state index is 13.9. The van der Waals surface area contributed by atoms with Crippen molar-refractivity contribution in [2.75, 3.05) is 11.6 Å². The van der Waals surface area contributed by atoms with Gasteiger partial charge in [-0.05, 0) is 72.0 Å². The van der Waals surface area contributed by atoms with E-state index in [1.165, 1.54) is 12.1 Å². The molecule has 4 rings (SSSR count). The molecular formula is C27H21ClFNO2S. The van der Waals surface area contributed by atoms with Gasteiger partial charge < -0.3 is 10.1 Å². The Morgan fingerprint density at radius 1 is 0.970 bits per heavy atom. The standard InChI is InChI=1S/C27H21ClFNO2S/c1-33-24-11-8-18(9-12-24)14-27(31)30-22-10-13-25(19-4-2-6-21(29)15-19)26(17-22)32-23-7-3-5-20(28)16-23/h2-13,15-17H,14H2,1H3,(H,30,31). The fraction of sp³-hybridized carbons (Fsp3) is 0.0741. The van der Waals surface area contributed by atoms with Gasteiger partial charge >= 0.3 is 0 Å². The quantitative estimate of drug-likeness (QED) is 0.275. The highest BCUT2D eigenvalue weighted by molar-refractivity contribution is 7.98. The van der Waals surface area contributed by atoms with Gasteiger partial charge in [-0.2, -0.15) is 0 Å². The first-order chi connectivity index (χ1) is 16.0. The Kier molecular flexibility index (Phi) is 7.33. The van der Waals surface area contributed by atoms with Crippen molar-refractivity contribution in [1.82, 2.24) is 0 Å². The van der Waals surface area contributed by atoms with Crippen LogP contribution in [0.3, 0.4) is 0 Å². The zero-order valence-electron chi connectivity index (χ0n) is 17.8. The highest BCUT2D eigenvalue weighted by Gasteiger charge is 2.12. The van der Waals surface area contributed by atoms with Crippen molar-refractivity contribution in [1.29, 1.82) is 0 Å². The molecule has 0 aliphatic heterocycles. The molecule has 4 aromatic carbocycles. The SMILES string of the molecule is CSc1ccc(CC(=O)Nc2ccc(-c3cccc(F)c3)c(Oc3cccc(Cl)c3)c2)cc1. The van der Waals surface area contributed by atoms with E-state index < -0.39 is 0 Å². The normalized spacial score (nSPS) is 10.6. The number of thioether (sulfide) groups is 1. The highest BCUT2D eigenvalue weighted by atomic mass is 35.5. The van der Waals surface area contributed by atoms with Gasteiger partial charge in [-0.1, -0.05) is 41.9 Å². The van der Waals surface area contributed by atoms with Gasteiger partial charge in [-0.3, -0.25) is 4.79 Å². The molecule has 1 amide bonds. The lowest BCUT2D eigenvalue weighted by Gasteiger charge is -2.14. The van der Waals surface area contributed by atoms with Crippen molar-refractivity contribution < 1.29 is 13.9 Å². The van der Waals surface area contributed by atoms with Gasteiger partial charge in [0.05, 0.1) is 6.42 Å². The number of benzene rings is 4. The van der Waals surface area contributed by atoms with Crippen molar-refractivity contribution in [3.05, 3.63) is 107 Å². The van der Waals surface area contributed by atoms with Crippen LogP contribution in [0.4, 0.5) is 10.1 Å². The molecule has 0 aromatic heterocycles. The summed E-state index contributed by atoms with van der Waals surface area (Å²) in [5.74, 6) is 0.535. The molecule has 3 nitrogen and oxygen atoms in total. The number of rotatable bonds is 7. The largest absolute Gasteiger partial charge is 0.457 e. The zero-order chi connectivity index (χ0) is 23.2. The number of anilines is 1. The lowest BCUT2D eigenvalue weighted by molar-refractivity contribution is -0.115. The van der Waals surface area contributed by atoms with Gasteiger partial charge in [0.1, 0.15) is 17.3 Å². The summed E-state index contributed by atoms with van der Waals surface area (Å²) < 4.78 is 19.9. The molecule has 6 heteroatoms. The molecular weight excluding hydrogens is 457 g/mol. The summed E-state index contributed by atoms with van der Waals surface area (Å²) >= 11 is 7.75. The van der Waals surface area contributed by atoms with Crippen LogP contribution in [0, 0.1) is 5.82 Å². The Morgan fingerprint density at radius 3 is 2.48 bits per heavy atom. The number of hydrogen-bond donors (Lipinski definition) is 1. The molecule has 0 unspecified atom stereocenters. The predicted molar refractivity (Wildman–Crippen MR) is 134 cm³/mol. The molecule has 0 spiro atoms. The van der Waals surface area contributed by atoms with Crippen LogP contribution in [0.5, 0.6) is 11.5 Å². The van der Waals surface area contributed by atoms with Crippen molar-refractivity contribution >= 4 is 35.0 Å². The molecule has 0 radical (unpaired) electrons. The number of carbonyl (C=O) groups excluding carboxylic acids is 1. The molecule has 1 N–H and O–H groups in total. The maximum atomic E-state index is 13.9. The van der Waals surface area contributed by atoms with E-state index in [0.29, 0.717) is 33.3 Å². The number of amides is 1. The molecule has 0 aliphatic carbocycles. The second kappa shape index (κ2) is 10.6. The molecule has 4 aromatic rings. The van der Waals surface area contributed by atoms with Crippen molar-refractivity contribution in [3.63, 3.8) is 0 Å². The first-order valence-electron chi connectivity index (χ1n) is 10.3. The number of nitrogens with one attached hydrogen (secondary N) is 1. The minimum Gasteiger partial charge on any atom is -0.457 e. The molecule has 0 saturated heterocycles. The topological polar surface area (TPSA) is 38.3 Å². The van der Waals surface area contributed by atoms with Gasteiger partial charge in [-0.15, -0.1) is 11.8 Å².